The van der Waals surface area contributed by atoms with E-state index in [0.29, 0.717) is 0 Å². The molecule has 0 aliphatic heterocycles. The van der Waals surface area contributed by atoms with Crippen LogP contribution in [-0.4, -0.2) is 32.9 Å². The monoisotopic (exact) mass is 230 g/mol. The predicted molar refractivity (Wildman–Crippen MR) is 58.6 cm³/mol. The summed E-state index contributed by atoms with van der Waals surface area (Å²) in [6, 6.07) is -1.16. The molecule has 0 fully saturated rings. The van der Waals surface area contributed by atoms with Crippen molar-refractivity contribution >= 4 is 5.97 Å². The molecule has 2 atom stereocenters. The molecule has 2 unspecified atom stereocenters. The van der Waals surface area contributed by atoms with E-state index in [4.69, 9.17) is 15.9 Å². The number of carboxylic acids is 1. The summed E-state index contributed by atoms with van der Waals surface area (Å²) in [7, 11) is 2.02. The molecule has 0 amide bonds. The third-order valence-corrected chi connectivity index (χ3v) is 1.99. The molecule has 0 aliphatic rings. The molecule has 0 bridgehead atoms. The van der Waals surface area contributed by atoms with Crippen LogP contribution in [0, 0.1) is 0 Å². The maximum Gasteiger partial charge on any atom is 0.323 e. The number of nitrogens with two attached hydrogens (primary N) is 1. The average molecular weight is 230 g/mol. The lowest BCUT2D eigenvalue weighted by molar-refractivity contribution is -0.671. The van der Waals surface area contributed by atoms with Crippen molar-refractivity contribution in [3.8, 4) is 0 Å². The van der Waals surface area contributed by atoms with Crippen LogP contribution in [0.15, 0.2) is 18.7 Å². The second-order valence-electron chi connectivity index (χ2n) is 3.51. The molecule has 6 heteroatoms. The van der Waals surface area contributed by atoms with Crippen LogP contribution in [-0.2, 0) is 18.4 Å². The Morgan fingerprint density at radius 2 is 2.19 bits per heavy atom. The van der Waals surface area contributed by atoms with Crippen LogP contribution in [0.3, 0.4) is 0 Å². The van der Waals surface area contributed by atoms with E-state index >= 15 is 0 Å². The Morgan fingerprint density at radius 1 is 1.62 bits per heavy atom. The van der Waals surface area contributed by atoms with E-state index in [1.807, 2.05) is 17.8 Å². The zero-order chi connectivity index (χ0) is 12.7. The summed E-state index contributed by atoms with van der Waals surface area (Å²) in [6.45, 7) is 4.51. The number of nitrogens with zero attached hydrogens (tertiary/aromatic N) is 2. The quantitative estimate of drug-likeness (QED) is 0.587. The van der Waals surface area contributed by atoms with Crippen molar-refractivity contribution in [2.75, 3.05) is 0 Å². The van der Waals surface area contributed by atoms with Gasteiger partial charge in [0, 0.05) is 0 Å². The molecule has 0 saturated carbocycles. The molecule has 0 radical (unpaired) electrons. The fourth-order valence-electron chi connectivity index (χ4n) is 0.895. The van der Waals surface area contributed by atoms with E-state index < -0.39 is 18.1 Å². The molecule has 0 saturated heterocycles. The van der Waals surface area contributed by atoms with Gasteiger partial charge in [0.2, 0.25) is 6.33 Å². The van der Waals surface area contributed by atoms with Crippen molar-refractivity contribution in [1.29, 1.82) is 0 Å². The Hall–Kier alpha value is -1.40. The molecular formula is C10H20N3O3+. The number of rotatable bonds is 3. The topological polar surface area (TPSA) is 92.4 Å². The number of imidazole rings is 1. The van der Waals surface area contributed by atoms with Gasteiger partial charge >= 0.3 is 5.97 Å². The van der Waals surface area contributed by atoms with Crippen LogP contribution in [0.5, 0.6) is 0 Å². The van der Waals surface area contributed by atoms with Gasteiger partial charge in [-0.25, -0.2) is 9.13 Å². The van der Waals surface area contributed by atoms with Crippen LogP contribution < -0.4 is 10.3 Å². The Kier molecular flexibility index (Phi) is 6.36. The minimum absolute atomic E-state index is 0.979. The van der Waals surface area contributed by atoms with Gasteiger partial charge in [0.05, 0.1) is 19.7 Å². The average Bonchev–Trinajstić information content (AvgIpc) is 2.63. The lowest BCUT2D eigenvalue weighted by Crippen LogP contribution is -2.39. The second-order valence-corrected chi connectivity index (χ2v) is 3.51. The summed E-state index contributed by atoms with van der Waals surface area (Å²) < 4.78 is 4.16. The molecule has 1 heterocycles. The number of carboxylic acid groups (broad SMARTS) is 1. The standard InChI is InChI=1S/C6H11N2.C4H9NO3/c1-3-8-5-4-7(2)6-8;1-2(6)3(5)4(7)8/h4-6H,3H2,1-2H3;2-3,6H,5H2,1H3,(H,7,8)/q+1;. The molecule has 4 N–H and O–H groups in total. The van der Waals surface area contributed by atoms with Crippen LogP contribution in [0.4, 0.5) is 0 Å². The van der Waals surface area contributed by atoms with Crippen molar-refractivity contribution in [3.63, 3.8) is 0 Å². The van der Waals surface area contributed by atoms with E-state index in [9.17, 15) is 4.79 Å². The first kappa shape index (κ1) is 14.6. The van der Waals surface area contributed by atoms with Gasteiger partial charge in [-0.1, -0.05) is 0 Å². The van der Waals surface area contributed by atoms with E-state index in [0.717, 1.165) is 6.54 Å². The maximum atomic E-state index is 9.86. The molecule has 1 aromatic rings. The summed E-state index contributed by atoms with van der Waals surface area (Å²) in [5.41, 5.74) is 4.91. The molecule has 1 aromatic heterocycles. The summed E-state index contributed by atoms with van der Waals surface area (Å²) in [6.07, 6.45) is 5.16. The lowest BCUT2D eigenvalue weighted by atomic mass is 10.2. The highest BCUT2D eigenvalue weighted by Gasteiger charge is 2.16. The largest absolute Gasteiger partial charge is 0.480 e. The van der Waals surface area contributed by atoms with Crippen LogP contribution in [0.25, 0.3) is 0 Å². The van der Waals surface area contributed by atoms with Crippen LogP contribution >= 0.6 is 0 Å². The molecule has 92 valence electrons. The van der Waals surface area contributed by atoms with Gasteiger partial charge in [-0.15, -0.1) is 0 Å². The maximum absolute atomic E-state index is 9.86. The zero-order valence-electron chi connectivity index (χ0n) is 9.87. The third-order valence-electron chi connectivity index (χ3n) is 1.99. The minimum atomic E-state index is -1.18. The fraction of sp³-hybridized carbons (Fsp3) is 0.600. The van der Waals surface area contributed by atoms with Gasteiger partial charge < -0.3 is 15.9 Å². The zero-order valence-corrected chi connectivity index (χ0v) is 9.87. The molecule has 0 aliphatic carbocycles. The van der Waals surface area contributed by atoms with Crippen molar-refractivity contribution in [2.24, 2.45) is 12.8 Å². The number of aryl methyl sites for hydroxylation is 2. The summed E-state index contributed by atoms with van der Waals surface area (Å²) in [4.78, 5) is 9.86. The normalized spacial score (nSPS) is 13.6. The van der Waals surface area contributed by atoms with Gasteiger partial charge in [-0.05, 0) is 13.8 Å². The molecule has 1 rings (SSSR count). The fourth-order valence-corrected chi connectivity index (χ4v) is 0.895. The van der Waals surface area contributed by atoms with Crippen molar-refractivity contribution in [1.82, 2.24) is 4.57 Å². The van der Waals surface area contributed by atoms with Crippen LogP contribution in [0.1, 0.15) is 13.8 Å². The number of hydrogen-bond acceptors (Lipinski definition) is 3. The summed E-state index contributed by atoms with van der Waals surface area (Å²) in [5.74, 6) is -1.18. The molecule has 6 nitrogen and oxygen atoms in total. The smallest absolute Gasteiger partial charge is 0.323 e. The summed E-state index contributed by atoms with van der Waals surface area (Å²) >= 11 is 0. The Morgan fingerprint density at radius 3 is 2.31 bits per heavy atom. The second kappa shape index (κ2) is 6.97. The molecule has 16 heavy (non-hydrogen) atoms. The molecule has 0 spiro atoms. The number of aliphatic carboxylic acids is 1. The van der Waals surface area contributed by atoms with E-state index in [-0.39, 0.29) is 0 Å². The first-order chi connectivity index (χ1) is 7.38. The van der Waals surface area contributed by atoms with Gasteiger partial charge in [0.25, 0.3) is 0 Å². The van der Waals surface area contributed by atoms with E-state index in [1.54, 1.807) is 0 Å². The number of aliphatic hydroxyl groups excluding tert-OH is 1. The minimum Gasteiger partial charge on any atom is -0.480 e. The van der Waals surface area contributed by atoms with Gasteiger partial charge in [0.1, 0.15) is 18.4 Å². The lowest BCUT2D eigenvalue weighted by Gasteiger charge is -2.06. The third kappa shape index (κ3) is 5.47. The highest BCUT2D eigenvalue weighted by atomic mass is 16.4. The van der Waals surface area contributed by atoms with Gasteiger partial charge in [-0.2, -0.15) is 0 Å². The number of carbonyl (C=O) groups is 1. The Balaban J connectivity index is 0.000000281. The Bertz CT molecular complexity index is 323. The van der Waals surface area contributed by atoms with Gasteiger partial charge in [-0.3, -0.25) is 4.79 Å². The number of hydrogen-bond donors (Lipinski definition) is 3. The number of aromatic nitrogens is 2. The number of aliphatic hydroxyl groups is 1. The SMILES string of the molecule is CC(O)C(N)C(=O)O.CCn1cc[n+](C)c1. The van der Waals surface area contributed by atoms with Crippen molar-refractivity contribution < 1.29 is 19.6 Å². The van der Waals surface area contributed by atoms with Gasteiger partial charge in [0.15, 0.2) is 0 Å². The summed E-state index contributed by atoms with van der Waals surface area (Å²) in [5, 5.41) is 16.6. The first-order valence-electron chi connectivity index (χ1n) is 5.06. The van der Waals surface area contributed by atoms with E-state index in [1.165, 1.54) is 6.92 Å². The highest BCUT2D eigenvalue weighted by molar-refractivity contribution is 5.73. The Labute approximate surface area is 94.9 Å². The molecule has 0 aromatic carbocycles. The van der Waals surface area contributed by atoms with Crippen LogP contribution in [0.2, 0.25) is 0 Å². The molecular weight excluding hydrogens is 210 g/mol. The highest BCUT2D eigenvalue weighted by Crippen LogP contribution is 1.85. The van der Waals surface area contributed by atoms with Crippen molar-refractivity contribution in [3.05, 3.63) is 18.7 Å². The van der Waals surface area contributed by atoms with E-state index in [2.05, 4.69) is 24.0 Å². The predicted octanol–water partition coefficient (Wildman–Crippen LogP) is -0.888. The van der Waals surface area contributed by atoms with Crippen molar-refractivity contribution in [2.45, 2.75) is 32.5 Å². The first-order valence-corrected chi connectivity index (χ1v) is 5.06.